The number of nitrogens with zero attached hydrogens (tertiary/aromatic N) is 2. The third-order valence-electron chi connectivity index (χ3n) is 4.61. The lowest BCUT2D eigenvalue weighted by molar-refractivity contribution is 0.100. The molecule has 3 rings (SSSR count). The molecule has 0 saturated heterocycles. The number of aromatic nitrogens is 1. The van der Waals surface area contributed by atoms with Crippen molar-refractivity contribution in [1.29, 1.82) is 0 Å². The van der Waals surface area contributed by atoms with Crippen molar-refractivity contribution < 1.29 is 24.0 Å². The number of hydrogen-bond acceptors (Lipinski definition) is 6. The van der Waals surface area contributed by atoms with Crippen molar-refractivity contribution in [1.82, 2.24) is 15.8 Å². The zero-order valence-electron chi connectivity index (χ0n) is 18.5. The molecule has 0 aliphatic carbocycles. The van der Waals surface area contributed by atoms with Gasteiger partial charge in [-0.1, -0.05) is 41.0 Å². The minimum absolute atomic E-state index is 0.0494. The summed E-state index contributed by atoms with van der Waals surface area (Å²) in [5, 5.41) is 18.4. The Morgan fingerprint density at radius 3 is 2.51 bits per heavy atom. The van der Waals surface area contributed by atoms with Crippen LogP contribution in [-0.2, 0) is 6.54 Å². The fraction of sp³-hybridized carbons (Fsp3) is 0.130. The van der Waals surface area contributed by atoms with E-state index in [-0.39, 0.29) is 45.3 Å². The highest BCUT2D eigenvalue weighted by atomic mass is 35.5. The van der Waals surface area contributed by atoms with Crippen LogP contribution >= 0.6 is 23.2 Å². The topological polar surface area (TPSA) is 152 Å². The Morgan fingerprint density at radius 2 is 1.91 bits per heavy atom. The maximum atomic E-state index is 13.0. The van der Waals surface area contributed by atoms with E-state index in [4.69, 9.17) is 38.2 Å². The molecule has 10 nitrogen and oxygen atoms in total. The Bertz CT molecular complexity index is 1260. The molecule has 0 bridgehead atoms. The molecule has 0 fully saturated rings. The zero-order valence-corrected chi connectivity index (χ0v) is 20.0. The van der Waals surface area contributed by atoms with Gasteiger partial charge in [-0.2, -0.15) is 4.99 Å². The average Bonchev–Trinajstić information content (AvgIpc) is 3.21. The molecule has 0 aliphatic rings. The minimum atomic E-state index is -1.42. The molecule has 2 aromatic carbocycles. The van der Waals surface area contributed by atoms with E-state index in [1.165, 1.54) is 0 Å². The molecule has 0 aliphatic heterocycles. The summed E-state index contributed by atoms with van der Waals surface area (Å²) in [5.74, 6) is -0.256. The van der Waals surface area contributed by atoms with Crippen LogP contribution in [0.15, 0.2) is 58.6 Å². The Kier molecular flexibility index (Phi) is 8.34. The van der Waals surface area contributed by atoms with Gasteiger partial charge >= 0.3 is 6.09 Å². The van der Waals surface area contributed by atoms with Crippen LogP contribution in [0, 0.1) is 6.92 Å². The molecule has 1 aromatic heterocycles. The van der Waals surface area contributed by atoms with Crippen LogP contribution in [0.5, 0.6) is 5.75 Å². The van der Waals surface area contributed by atoms with Gasteiger partial charge in [-0.15, -0.1) is 0 Å². The fourth-order valence-corrected chi connectivity index (χ4v) is 3.51. The maximum absolute atomic E-state index is 13.0. The van der Waals surface area contributed by atoms with E-state index in [1.807, 2.05) is 0 Å². The smallest absolute Gasteiger partial charge is 0.411 e. The molecule has 0 spiro atoms. The molecule has 0 unspecified atom stereocenters. The number of hydrogen-bond donors (Lipinski definition) is 4. The Balaban J connectivity index is 1.86. The SMILES string of the molecule is C=CCOc1ccc(-c2noc(C)c2C(=O)/N=C(/NCc2cc(Cl)c(N)c(Cl)c2)NC(=O)O)cc1. The molecule has 1 heterocycles. The standard InChI is InChI=1S/C23H21Cl2N5O5/c1-3-8-34-15-6-4-14(5-7-15)20-18(12(2)35-30-20)21(31)28-22(29-23(32)33)27-11-13-9-16(24)19(26)17(25)10-13/h3-7,9-10H,1,8,11,26H2,2H3,(H,32,33)(H2,27,28,29,31). The summed E-state index contributed by atoms with van der Waals surface area (Å²) in [6, 6.07) is 9.95. The van der Waals surface area contributed by atoms with Gasteiger partial charge in [0, 0.05) is 12.1 Å². The number of benzene rings is 2. The van der Waals surface area contributed by atoms with Gasteiger partial charge in [-0.25, -0.2) is 4.79 Å². The second-order valence-electron chi connectivity index (χ2n) is 7.11. The van der Waals surface area contributed by atoms with Crippen molar-refractivity contribution in [2.24, 2.45) is 4.99 Å². The molecule has 0 radical (unpaired) electrons. The van der Waals surface area contributed by atoms with E-state index >= 15 is 0 Å². The van der Waals surface area contributed by atoms with Gasteiger partial charge in [-0.3, -0.25) is 10.1 Å². The van der Waals surface area contributed by atoms with Crippen molar-refractivity contribution in [3.63, 3.8) is 0 Å². The summed E-state index contributed by atoms with van der Waals surface area (Å²) >= 11 is 12.1. The number of aliphatic imine (C=N–C) groups is 1. The highest BCUT2D eigenvalue weighted by molar-refractivity contribution is 6.38. The van der Waals surface area contributed by atoms with Gasteiger partial charge in [-0.05, 0) is 48.9 Å². The van der Waals surface area contributed by atoms with Gasteiger partial charge in [0.25, 0.3) is 5.91 Å². The number of ether oxygens (including phenoxy) is 1. The maximum Gasteiger partial charge on any atom is 0.411 e. The second kappa shape index (κ2) is 11.4. The molecule has 182 valence electrons. The summed E-state index contributed by atoms with van der Waals surface area (Å²) < 4.78 is 10.7. The predicted octanol–water partition coefficient (Wildman–Crippen LogP) is 4.66. The lowest BCUT2D eigenvalue weighted by Crippen LogP contribution is -2.40. The molecule has 3 aromatic rings. The van der Waals surface area contributed by atoms with Crippen LogP contribution in [0.25, 0.3) is 11.3 Å². The first-order chi connectivity index (χ1) is 16.7. The number of aryl methyl sites for hydroxylation is 1. The van der Waals surface area contributed by atoms with Crippen LogP contribution in [0.2, 0.25) is 10.0 Å². The third-order valence-corrected chi connectivity index (χ3v) is 5.24. The van der Waals surface area contributed by atoms with Crippen molar-refractivity contribution >= 4 is 46.8 Å². The van der Waals surface area contributed by atoms with Crippen molar-refractivity contribution in [2.75, 3.05) is 12.3 Å². The van der Waals surface area contributed by atoms with Crippen LogP contribution < -0.4 is 21.1 Å². The Labute approximate surface area is 210 Å². The second-order valence-corrected chi connectivity index (χ2v) is 7.92. The summed E-state index contributed by atoms with van der Waals surface area (Å²) in [4.78, 5) is 28.2. The van der Waals surface area contributed by atoms with E-state index in [0.29, 0.717) is 23.5 Å². The number of rotatable bonds is 7. The van der Waals surface area contributed by atoms with E-state index in [1.54, 1.807) is 49.4 Å². The van der Waals surface area contributed by atoms with E-state index in [9.17, 15) is 14.7 Å². The van der Waals surface area contributed by atoms with Gasteiger partial charge in [0.1, 0.15) is 29.4 Å². The van der Waals surface area contributed by atoms with Crippen LogP contribution in [-0.4, -0.2) is 34.8 Å². The van der Waals surface area contributed by atoms with Gasteiger partial charge in [0.15, 0.2) is 0 Å². The van der Waals surface area contributed by atoms with Crippen LogP contribution in [0.1, 0.15) is 21.7 Å². The average molecular weight is 518 g/mol. The molecule has 5 N–H and O–H groups in total. The first-order valence-corrected chi connectivity index (χ1v) is 10.9. The Hall–Kier alpha value is -4.02. The number of nitrogens with one attached hydrogen (secondary N) is 2. The van der Waals surface area contributed by atoms with E-state index in [2.05, 4.69) is 27.4 Å². The van der Waals surface area contributed by atoms with Crippen LogP contribution in [0.4, 0.5) is 10.5 Å². The summed E-state index contributed by atoms with van der Waals surface area (Å²) in [5.41, 5.74) is 7.45. The van der Waals surface area contributed by atoms with Crippen molar-refractivity contribution in [2.45, 2.75) is 13.5 Å². The third kappa shape index (κ3) is 6.52. The largest absolute Gasteiger partial charge is 0.490 e. The number of halogens is 2. The monoisotopic (exact) mass is 517 g/mol. The number of anilines is 1. The van der Waals surface area contributed by atoms with Crippen LogP contribution in [0.3, 0.4) is 0 Å². The van der Waals surface area contributed by atoms with E-state index < -0.39 is 12.0 Å². The lowest BCUT2D eigenvalue weighted by atomic mass is 10.1. The lowest BCUT2D eigenvalue weighted by Gasteiger charge is -2.11. The molecule has 0 atom stereocenters. The Morgan fingerprint density at radius 1 is 1.26 bits per heavy atom. The molecule has 2 amide bonds. The predicted molar refractivity (Wildman–Crippen MR) is 133 cm³/mol. The van der Waals surface area contributed by atoms with Gasteiger partial charge in [0.2, 0.25) is 5.96 Å². The zero-order chi connectivity index (χ0) is 25.5. The van der Waals surface area contributed by atoms with Crippen molar-refractivity contribution in [3.8, 4) is 17.0 Å². The number of nitrogens with two attached hydrogens (primary N) is 1. The minimum Gasteiger partial charge on any atom is -0.490 e. The number of carbonyl (C=O) groups is 2. The summed E-state index contributed by atoms with van der Waals surface area (Å²) in [6.45, 7) is 5.55. The normalized spacial score (nSPS) is 11.1. The number of nitrogen functional groups attached to an aromatic ring is 1. The van der Waals surface area contributed by atoms with Crippen molar-refractivity contribution in [3.05, 3.63) is 76.0 Å². The summed E-state index contributed by atoms with van der Waals surface area (Å²) in [6.07, 6.45) is 0.200. The first kappa shape index (κ1) is 25.6. The quantitative estimate of drug-likeness (QED) is 0.153. The van der Waals surface area contributed by atoms with Gasteiger partial charge in [0.05, 0.1) is 15.7 Å². The highest BCUT2D eigenvalue weighted by Crippen LogP contribution is 2.29. The number of guanidine groups is 1. The first-order valence-electron chi connectivity index (χ1n) is 10.1. The number of carboxylic acid groups (broad SMARTS) is 1. The highest BCUT2D eigenvalue weighted by Gasteiger charge is 2.22. The molecular weight excluding hydrogens is 497 g/mol. The number of carbonyl (C=O) groups excluding carboxylic acids is 1. The van der Waals surface area contributed by atoms with E-state index in [0.717, 1.165) is 0 Å². The fourth-order valence-electron chi connectivity index (χ4n) is 2.98. The summed E-state index contributed by atoms with van der Waals surface area (Å²) in [7, 11) is 0. The molecule has 0 saturated carbocycles. The molecule has 35 heavy (non-hydrogen) atoms. The molecular formula is C23H21Cl2N5O5. The number of amides is 2. The van der Waals surface area contributed by atoms with Gasteiger partial charge < -0.3 is 25.4 Å². The molecule has 12 heteroatoms.